The molecule has 0 aliphatic heterocycles. The molecule has 0 fully saturated rings. The highest BCUT2D eigenvalue weighted by atomic mass is 19.1. The predicted octanol–water partition coefficient (Wildman–Crippen LogP) is 2.28. The fraction of sp³-hybridized carbons (Fsp3) is 0.0625. The van der Waals surface area contributed by atoms with Gasteiger partial charge in [-0.3, -0.25) is 14.8 Å². The number of nitrogens with one attached hydrogen (secondary N) is 1. The Morgan fingerprint density at radius 1 is 1.14 bits per heavy atom. The number of rotatable bonds is 3. The molecule has 5 nitrogen and oxygen atoms in total. The maximum Gasteiger partial charge on any atom is 0.270 e. The number of nitrogens with zero attached hydrogens (tertiary/aromatic N) is 2. The molecule has 0 bridgehead atoms. The van der Waals surface area contributed by atoms with Gasteiger partial charge in [-0.05, 0) is 30.3 Å². The summed E-state index contributed by atoms with van der Waals surface area (Å²) in [6.07, 6.45) is 3.03. The van der Waals surface area contributed by atoms with Crippen LogP contribution in [0.5, 0.6) is 0 Å². The second-order valence-electron chi connectivity index (χ2n) is 4.72. The number of benzene rings is 1. The molecule has 0 unspecified atom stereocenters. The van der Waals surface area contributed by atoms with E-state index in [2.05, 4.69) is 15.3 Å². The summed E-state index contributed by atoms with van der Waals surface area (Å²) < 4.78 is 13.8. The Bertz CT molecular complexity index is 836. The van der Waals surface area contributed by atoms with Gasteiger partial charge >= 0.3 is 0 Å². The number of amides is 1. The van der Waals surface area contributed by atoms with Gasteiger partial charge in [0.1, 0.15) is 11.5 Å². The van der Waals surface area contributed by atoms with Gasteiger partial charge in [0.05, 0.1) is 12.2 Å². The smallest absolute Gasteiger partial charge is 0.270 e. The lowest BCUT2D eigenvalue weighted by Crippen LogP contribution is -2.24. The summed E-state index contributed by atoms with van der Waals surface area (Å²) >= 11 is 0. The van der Waals surface area contributed by atoms with Crippen molar-refractivity contribution in [1.29, 1.82) is 0 Å². The SMILES string of the molecule is Nc1ccc(F)c2ccnc(C(=O)NCc3ccccn3)c12. The summed E-state index contributed by atoms with van der Waals surface area (Å²) in [5.74, 6) is -0.862. The zero-order valence-electron chi connectivity index (χ0n) is 11.6. The second-order valence-corrected chi connectivity index (χ2v) is 4.72. The van der Waals surface area contributed by atoms with Crippen LogP contribution in [0.15, 0.2) is 48.8 Å². The lowest BCUT2D eigenvalue weighted by Gasteiger charge is -2.09. The van der Waals surface area contributed by atoms with Crippen molar-refractivity contribution in [2.24, 2.45) is 0 Å². The number of hydrogen-bond acceptors (Lipinski definition) is 4. The number of nitrogen functional groups attached to an aromatic ring is 1. The number of anilines is 1. The number of aromatic nitrogens is 2. The first kappa shape index (κ1) is 13.9. The van der Waals surface area contributed by atoms with E-state index >= 15 is 0 Å². The molecule has 1 amide bonds. The number of carbonyl (C=O) groups excluding carboxylic acids is 1. The van der Waals surface area contributed by atoms with Gasteiger partial charge in [-0.15, -0.1) is 0 Å². The van der Waals surface area contributed by atoms with E-state index in [1.165, 1.54) is 24.4 Å². The van der Waals surface area contributed by atoms with Crippen LogP contribution in [0.1, 0.15) is 16.2 Å². The zero-order valence-corrected chi connectivity index (χ0v) is 11.6. The Labute approximate surface area is 126 Å². The molecule has 0 aliphatic carbocycles. The van der Waals surface area contributed by atoms with E-state index in [0.717, 1.165) is 5.69 Å². The molecule has 2 heterocycles. The molecular weight excluding hydrogens is 283 g/mol. The third-order valence-corrected chi connectivity index (χ3v) is 3.28. The van der Waals surface area contributed by atoms with Crippen molar-refractivity contribution in [2.45, 2.75) is 6.54 Å². The molecule has 1 aromatic carbocycles. The fourth-order valence-corrected chi connectivity index (χ4v) is 2.22. The zero-order chi connectivity index (χ0) is 15.5. The average molecular weight is 296 g/mol. The first-order chi connectivity index (χ1) is 10.7. The molecule has 0 saturated carbocycles. The quantitative estimate of drug-likeness (QED) is 0.727. The van der Waals surface area contributed by atoms with Gasteiger partial charge in [-0.2, -0.15) is 0 Å². The summed E-state index contributed by atoms with van der Waals surface area (Å²) in [6.45, 7) is 0.257. The number of nitrogens with two attached hydrogens (primary N) is 1. The molecule has 3 aromatic rings. The van der Waals surface area contributed by atoms with Crippen LogP contribution >= 0.6 is 0 Å². The largest absolute Gasteiger partial charge is 0.398 e. The molecule has 22 heavy (non-hydrogen) atoms. The molecule has 0 aliphatic rings. The highest BCUT2D eigenvalue weighted by Gasteiger charge is 2.15. The molecule has 2 aromatic heterocycles. The van der Waals surface area contributed by atoms with Crippen LogP contribution < -0.4 is 11.1 Å². The van der Waals surface area contributed by atoms with Crippen molar-refractivity contribution in [1.82, 2.24) is 15.3 Å². The minimum Gasteiger partial charge on any atom is -0.398 e. The molecule has 3 rings (SSSR count). The average Bonchev–Trinajstić information content (AvgIpc) is 2.56. The van der Waals surface area contributed by atoms with Crippen molar-refractivity contribution in [3.63, 3.8) is 0 Å². The van der Waals surface area contributed by atoms with E-state index in [1.54, 1.807) is 18.3 Å². The molecule has 110 valence electrons. The molecule has 0 radical (unpaired) electrons. The minimum atomic E-state index is -0.439. The first-order valence-electron chi connectivity index (χ1n) is 6.67. The molecule has 0 saturated heterocycles. The summed E-state index contributed by atoms with van der Waals surface area (Å²) in [5.41, 5.74) is 7.00. The Morgan fingerprint density at radius 2 is 2.00 bits per heavy atom. The predicted molar refractivity (Wildman–Crippen MR) is 81.5 cm³/mol. The molecule has 0 spiro atoms. The van der Waals surface area contributed by atoms with Crippen LogP contribution in [0, 0.1) is 5.82 Å². The van der Waals surface area contributed by atoms with Crippen molar-refractivity contribution >= 4 is 22.4 Å². The first-order valence-corrected chi connectivity index (χ1v) is 6.67. The fourth-order valence-electron chi connectivity index (χ4n) is 2.22. The Morgan fingerprint density at radius 3 is 2.77 bits per heavy atom. The summed E-state index contributed by atoms with van der Waals surface area (Å²) in [6, 6.07) is 9.61. The van der Waals surface area contributed by atoms with E-state index < -0.39 is 11.7 Å². The highest BCUT2D eigenvalue weighted by molar-refractivity contribution is 6.09. The Kier molecular flexibility index (Phi) is 3.65. The van der Waals surface area contributed by atoms with Crippen molar-refractivity contribution in [2.75, 3.05) is 5.73 Å². The number of halogens is 1. The maximum atomic E-state index is 13.8. The lowest BCUT2D eigenvalue weighted by atomic mass is 10.1. The van der Waals surface area contributed by atoms with Gasteiger partial charge in [0, 0.05) is 28.9 Å². The van der Waals surface area contributed by atoms with Crippen LogP contribution in [0.25, 0.3) is 10.8 Å². The van der Waals surface area contributed by atoms with Crippen molar-refractivity contribution in [3.05, 3.63) is 66.0 Å². The van der Waals surface area contributed by atoms with Crippen LogP contribution in [0.2, 0.25) is 0 Å². The molecule has 0 atom stereocenters. The number of hydrogen-bond donors (Lipinski definition) is 2. The summed E-state index contributed by atoms with van der Waals surface area (Å²) in [5, 5.41) is 3.31. The van der Waals surface area contributed by atoms with Crippen LogP contribution in [0.4, 0.5) is 10.1 Å². The molecule has 3 N–H and O–H groups in total. The summed E-state index contributed by atoms with van der Waals surface area (Å²) in [7, 11) is 0. The van der Waals surface area contributed by atoms with E-state index in [-0.39, 0.29) is 17.6 Å². The van der Waals surface area contributed by atoms with E-state index in [1.807, 2.05) is 6.07 Å². The molecule has 6 heteroatoms. The second kappa shape index (κ2) is 5.77. The standard InChI is InChI=1S/C16H13FN4O/c17-12-4-5-13(18)14-11(12)6-8-20-15(14)16(22)21-9-10-3-1-2-7-19-10/h1-8H,9,18H2,(H,21,22). The van der Waals surface area contributed by atoms with Gasteiger partial charge in [-0.1, -0.05) is 6.07 Å². The van der Waals surface area contributed by atoms with Crippen molar-refractivity contribution < 1.29 is 9.18 Å². The number of carbonyl (C=O) groups is 1. The molecular formula is C16H13FN4O. The third-order valence-electron chi connectivity index (χ3n) is 3.28. The van der Waals surface area contributed by atoms with Crippen LogP contribution in [0.3, 0.4) is 0 Å². The van der Waals surface area contributed by atoms with E-state index in [4.69, 9.17) is 5.73 Å². The van der Waals surface area contributed by atoms with E-state index in [9.17, 15) is 9.18 Å². The van der Waals surface area contributed by atoms with Crippen LogP contribution in [-0.4, -0.2) is 15.9 Å². The monoisotopic (exact) mass is 296 g/mol. The number of fused-ring (bicyclic) bond motifs is 1. The Balaban J connectivity index is 1.93. The van der Waals surface area contributed by atoms with Crippen molar-refractivity contribution in [3.8, 4) is 0 Å². The number of pyridine rings is 2. The van der Waals surface area contributed by atoms with Gasteiger partial charge in [-0.25, -0.2) is 4.39 Å². The van der Waals surface area contributed by atoms with Crippen LogP contribution in [-0.2, 0) is 6.54 Å². The Hall–Kier alpha value is -3.02. The summed E-state index contributed by atoms with van der Waals surface area (Å²) in [4.78, 5) is 20.5. The topological polar surface area (TPSA) is 80.9 Å². The van der Waals surface area contributed by atoms with Gasteiger partial charge in [0.15, 0.2) is 0 Å². The maximum absolute atomic E-state index is 13.8. The normalized spacial score (nSPS) is 10.6. The lowest BCUT2D eigenvalue weighted by molar-refractivity contribution is 0.0947. The van der Waals surface area contributed by atoms with Gasteiger partial charge in [0.25, 0.3) is 5.91 Å². The van der Waals surface area contributed by atoms with E-state index in [0.29, 0.717) is 11.1 Å². The highest BCUT2D eigenvalue weighted by Crippen LogP contribution is 2.25. The minimum absolute atomic E-state index is 0.102. The third kappa shape index (κ3) is 2.58. The van der Waals surface area contributed by atoms with Gasteiger partial charge in [0.2, 0.25) is 0 Å². The van der Waals surface area contributed by atoms with Gasteiger partial charge < -0.3 is 11.1 Å².